The molecule has 0 fully saturated rings. The highest BCUT2D eigenvalue weighted by atomic mass is 35.5. The van der Waals surface area contributed by atoms with E-state index >= 15 is 0 Å². The van der Waals surface area contributed by atoms with Crippen molar-refractivity contribution in [2.24, 2.45) is 0 Å². The largest absolute Gasteiger partial charge is 0.384 e. The molecule has 0 atom stereocenters. The van der Waals surface area contributed by atoms with Crippen molar-refractivity contribution in [2.75, 3.05) is 6.26 Å². The van der Waals surface area contributed by atoms with Crippen LogP contribution in [-0.2, 0) is 21.9 Å². The van der Waals surface area contributed by atoms with E-state index in [0.717, 1.165) is 28.8 Å². The number of nitrogens with zero attached hydrogens (tertiary/aromatic N) is 2. The summed E-state index contributed by atoms with van der Waals surface area (Å²) in [7, 11) is -3.33. The maximum Gasteiger partial charge on any atom is 0.175 e. The number of aliphatic hydroxyl groups is 1. The Hall–Kier alpha value is -2.64. The van der Waals surface area contributed by atoms with E-state index in [1.807, 2.05) is 49.4 Å². The molecule has 4 rings (SSSR count). The molecule has 0 aliphatic rings. The Labute approximate surface area is 215 Å². The van der Waals surface area contributed by atoms with E-state index in [-0.39, 0.29) is 4.90 Å². The van der Waals surface area contributed by atoms with Crippen LogP contribution in [-0.4, -0.2) is 29.6 Å². The monoisotopic (exact) mass is 528 g/mol. The summed E-state index contributed by atoms with van der Waals surface area (Å²) >= 11 is 13.4. The summed E-state index contributed by atoms with van der Waals surface area (Å²) in [6.07, 6.45) is 1.93. The molecular weight excluding hydrogens is 503 g/mol. The minimum atomic E-state index is -3.33. The SMILES string of the molecule is CCc1cccc(Cl)c1-n1nc(C(C)(C)O)cc1-c1ccc(-c2cccc(S(C)(=O)=O)c2)cc1Cl. The molecule has 4 aromatic rings. The highest BCUT2D eigenvalue weighted by Gasteiger charge is 2.25. The Morgan fingerprint density at radius 3 is 2.26 bits per heavy atom. The van der Waals surface area contributed by atoms with Crippen LogP contribution in [0.3, 0.4) is 0 Å². The minimum Gasteiger partial charge on any atom is -0.384 e. The van der Waals surface area contributed by atoms with Gasteiger partial charge in [0.15, 0.2) is 9.84 Å². The van der Waals surface area contributed by atoms with E-state index in [4.69, 9.17) is 28.3 Å². The van der Waals surface area contributed by atoms with Gasteiger partial charge in [-0.05, 0) is 67.3 Å². The topological polar surface area (TPSA) is 72.2 Å². The number of para-hydroxylation sites is 1. The van der Waals surface area contributed by atoms with Crippen LogP contribution in [0.1, 0.15) is 32.0 Å². The van der Waals surface area contributed by atoms with Gasteiger partial charge in [-0.2, -0.15) is 5.10 Å². The van der Waals surface area contributed by atoms with E-state index in [9.17, 15) is 13.5 Å². The van der Waals surface area contributed by atoms with Gasteiger partial charge in [0, 0.05) is 11.8 Å². The van der Waals surface area contributed by atoms with Crippen LogP contribution < -0.4 is 0 Å². The number of hydrogen-bond acceptors (Lipinski definition) is 4. The molecule has 0 amide bonds. The molecule has 182 valence electrons. The van der Waals surface area contributed by atoms with Crippen LogP contribution in [0, 0.1) is 0 Å². The second kappa shape index (κ2) is 9.43. The fraction of sp³-hybridized carbons (Fsp3) is 0.222. The van der Waals surface area contributed by atoms with Gasteiger partial charge in [0.2, 0.25) is 0 Å². The zero-order valence-corrected chi connectivity index (χ0v) is 22.2. The number of sulfone groups is 1. The molecule has 0 aliphatic carbocycles. The predicted octanol–water partition coefficient (Wildman–Crippen LogP) is 6.71. The molecule has 8 heteroatoms. The van der Waals surface area contributed by atoms with Crippen LogP contribution in [0.5, 0.6) is 0 Å². The van der Waals surface area contributed by atoms with Crippen LogP contribution >= 0.6 is 23.2 Å². The molecule has 1 heterocycles. The summed E-state index contributed by atoms with van der Waals surface area (Å²) in [6.45, 7) is 5.40. The van der Waals surface area contributed by atoms with Gasteiger partial charge in [-0.3, -0.25) is 0 Å². The van der Waals surface area contributed by atoms with Gasteiger partial charge in [-0.15, -0.1) is 0 Å². The molecule has 35 heavy (non-hydrogen) atoms. The summed E-state index contributed by atoms with van der Waals surface area (Å²) in [5, 5.41) is 16.4. The Bertz CT molecular complexity index is 1520. The number of hydrogen-bond donors (Lipinski definition) is 1. The van der Waals surface area contributed by atoms with Crippen LogP contribution in [0.25, 0.3) is 28.1 Å². The summed E-state index contributed by atoms with van der Waals surface area (Å²) in [5.74, 6) is 0. The maximum absolute atomic E-state index is 12.0. The lowest BCUT2D eigenvalue weighted by molar-refractivity contribution is 0.0734. The van der Waals surface area contributed by atoms with Crippen molar-refractivity contribution < 1.29 is 13.5 Å². The number of halogens is 2. The highest BCUT2D eigenvalue weighted by molar-refractivity contribution is 7.90. The lowest BCUT2D eigenvalue weighted by atomic mass is 10.0. The predicted molar refractivity (Wildman–Crippen MR) is 142 cm³/mol. The van der Waals surface area contributed by atoms with Gasteiger partial charge in [-0.1, -0.05) is 66.5 Å². The Morgan fingerprint density at radius 1 is 0.943 bits per heavy atom. The van der Waals surface area contributed by atoms with Gasteiger partial charge < -0.3 is 5.11 Å². The number of rotatable bonds is 6. The van der Waals surface area contributed by atoms with Gasteiger partial charge >= 0.3 is 0 Å². The Morgan fingerprint density at radius 2 is 1.63 bits per heavy atom. The smallest absolute Gasteiger partial charge is 0.175 e. The summed E-state index contributed by atoms with van der Waals surface area (Å²) in [5.41, 5.74) is 3.97. The first-order chi connectivity index (χ1) is 16.4. The van der Waals surface area contributed by atoms with Crippen molar-refractivity contribution in [1.29, 1.82) is 0 Å². The first-order valence-electron chi connectivity index (χ1n) is 11.1. The van der Waals surface area contributed by atoms with Crippen molar-refractivity contribution in [1.82, 2.24) is 9.78 Å². The maximum atomic E-state index is 12.0. The average Bonchev–Trinajstić information content (AvgIpc) is 3.23. The van der Waals surface area contributed by atoms with E-state index < -0.39 is 15.4 Å². The quantitative estimate of drug-likeness (QED) is 0.302. The van der Waals surface area contributed by atoms with Crippen molar-refractivity contribution in [3.8, 4) is 28.1 Å². The summed E-state index contributed by atoms with van der Waals surface area (Å²) in [4.78, 5) is 0.244. The standard InChI is InChI=1S/C27H26Cl2N2O3S/c1-5-17-8-7-11-22(28)26(17)31-24(16-25(30-31)27(2,3)32)21-13-12-19(15-23(21)29)18-9-6-10-20(14-18)35(4,33)34/h6-16,32H,5H2,1-4H3. The zero-order valence-electron chi connectivity index (χ0n) is 19.9. The van der Waals surface area contributed by atoms with Gasteiger partial charge in [0.25, 0.3) is 0 Å². The van der Waals surface area contributed by atoms with Crippen LogP contribution in [0.15, 0.2) is 71.6 Å². The van der Waals surface area contributed by atoms with Crippen LogP contribution in [0.4, 0.5) is 0 Å². The number of benzene rings is 3. The molecule has 0 unspecified atom stereocenters. The molecule has 1 N–H and O–H groups in total. The molecule has 0 saturated heterocycles. The molecule has 0 aliphatic heterocycles. The van der Waals surface area contributed by atoms with Crippen molar-refractivity contribution in [3.63, 3.8) is 0 Å². The third-order valence-corrected chi connectivity index (χ3v) is 7.57. The lowest BCUT2D eigenvalue weighted by Gasteiger charge is -2.15. The van der Waals surface area contributed by atoms with E-state index in [1.54, 1.807) is 42.8 Å². The highest BCUT2D eigenvalue weighted by Crippen LogP contribution is 2.37. The third-order valence-electron chi connectivity index (χ3n) is 5.84. The van der Waals surface area contributed by atoms with Gasteiger partial charge in [0.05, 0.1) is 32.0 Å². The normalized spacial score (nSPS) is 12.2. The molecule has 1 aromatic heterocycles. The summed E-state index contributed by atoms with van der Waals surface area (Å²) < 4.78 is 25.7. The van der Waals surface area contributed by atoms with Crippen molar-refractivity contribution in [2.45, 2.75) is 37.7 Å². The van der Waals surface area contributed by atoms with Crippen molar-refractivity contribution in [3.05, 3.63) is 88.0 Å². The zero-order chi connectivity index (χ0) is 25.5. The minimum absolute atomic E-state index is 0.244. The first-order valence-corrected chi connectivity index (χ1v) is 13.8. The van der Waals surface area contributed by atoms with Crippen LogP contribution in [0.2, 0.25) is 10.0 Å². The average molecular weight is 529 g/mol. The van der Waals surface area contributed by atoms with E-state index in [2.05, 4.69) is 0 Å². The Balaban J connectivity index is 1.90. The van der Waals surface area contributed by atoms with Gasteiger partial charge in [0.1, 0.15) is 5.60 Å². The first kappa shape index (κ1) is 25.5. The van der Waals surface area contributed by atoms with Crippen molar-refractivity contribution >= 4 is 33.0 Å². The van der Waals surface area contributed by atoms with E-state index in [1.165, 1.54) is 6.26 Å². The fourth-order valence-corrected chi connectivity index (χ4v) is 5.15. The molecule has 0 saturated carbocycles. The number of aryl methyl sites for hydroxylation is 1. The lowest BCUT2D eigenvalue weighted by Crippen LogP contribution is -2.16. The van der Waals surface area contributed by atoms with Gasteiger partial charge in [-0.25, -0.2) is 13.1 Å². The molecule has 5 nitrogen and oxygen atoms in total. The molecular formula is C27H26Cl2N2O3S. The Kier molecular flexibility index (Phi) is 6.86. The molecule has 3 aromatic carbocycles. The van der Waals surface area contributed by atoms with E-state index in [0.29, 0.717) is 27.0 Å². The number of aromatic nitrogens is 2. The second-order valence-corrected chi connectivity index (χ2v) is 11.8. The molecule has 0 bridgehead atoms. The summed E-state index contributed by atoms with van der Waals surface area (Å²) in [6, 6.07) is 19.8. The second-order valence-electron chi connectivity index (χ2n) is 8.98. The molecule has 0 radical (unpaired) electrons. The fourth-order valence-electron chi connectivity index (χ4n) is 3.93. The third kappa shape index (κ3) is 5.16. The molecule has 0 spiro atoms.